The van der Waals surface area contributed by atoms with E-state index in [0.29, 0.717) is 0 Å². The Bertz CT molecular complexity index is 969. The molecule has 0 saturated carbocycles. The van der Waals surface area contributed by atoms with Crippen LogP contribution in [0.3, 0.4) is 0 Å². The van der Waals surface area contributed by atoms with E-state index >= 15 is 0 Å². The van der Waals surface area contributed by atoms with Gasteiger partial charge in [0.2, 0.25) is 0 Å². The van der Waals surface area contributed by atoms with Gasteiger partial charge < -0.3 is 0 Å². The first kappa shape index (κ1) is 20.3. The zero-order valence-corrected chi connectivity index (χ0v) is 18.4. The fourth-order valence-corrected chi connectivity index (χ4v) is 8.30. The molecule has 4 aromatic carbocycles. The smallest absolute Gasteiger partial charge is 0.0803 e. The van der Waals surface area contributed by atoms with Gasteiger partial charge >= 0.3 is 0 Å². The third kappa shape index (κ3) is 4.45. The third-order valence-electron chi connectivity index (χ3n) is 5.61. The summed E-state index contributed by atoms with van der Waals surface area (Å²) in [6.07, 6.45) is 6.76. The highest BCUT2D eigenvalue weighted by atomic mass is 31.2. The molecule has 4 rings (SSSR count). The second kappa shape index (κ2) is 9.70. The summed E-state index contributed by atoms with van der Waals surface area (Å²) in [7, 11) is -1.73. The number of benzene rings is 4. The Morgan fingerprint density at radius 1 is 0.567 bits per heavy atom. The normalized spacial score (nSPS) is 11.6. The van der Waals surface area contributed by atoms with Crippen LogP contribution in [0.25, 0.3) is 6.08 Å². The number of aryl methyl sites for hydroxylation is 1. The first-order chi connectivity index (χ1) is 14.8. The number of hydrogen-bond donors (Lipinski definition) is 0. The Morgan fingerprint density at radius 3 is 1.43 bits per heavy atom. The molecule has 30 heavy (non-hydrogen) atoms. The Hall–Kier alpha value is -2.95. The lowest BCUT2D eigenvalue weighted by Crippen LogP contribution is -2.33. The number of rotatable bonds is 7. The predicted molar refractivity (Wildman–Crippen MR) is 135 cm³/mol. The van der Waals surface area contributed by atoms with Crippen molar-refractivity contribution in [3.8, 4) is 0 Å². The zero-order chi connectivity index (χ0) is 20.7. The van der Waals surface area contributed by atoms with Crippen LogP contribution in [0.4, 0.5) is 0 Å². The van der Waals surface area contributed by atoms with Crippen molar-refractivity contribution in [2.75, 3.05) is 6.16 Å². The summed E-state index contributed by atoms with van der Waals surface area (Å²) >= 11 is 0. The van der Waals surface area contributed by atoms with E-state index in [4.69, 9.17) is 0 Å². The lowest BCUT2D eigenvalue weighted by Gasteiger charge is -2.27. The van der Waals surface area contributed by atoms with Crippen molar-refractivity contribution in [1.29, 1.82) is 0 Å². The standard InChI is InChI=1S/C29H28P/c1-25-20-22-26(23-21-25)13-11-12-24-30(27-14-5-2-6-15-27,28-16-7-3-8-17-28)29-18-9-4-10-19-29/h2-11,13-23H,12,24H2,1H3/q+1/b13-11+. The molecule has 0 aliphatic rings. The van der Waals surface area contributed by atoms with Gasteiger partial charge in [-0.2, -0.15) is 0 Å². The second-order valence-electron chi connectivity index (χ2n) is 7.64. The van der Waals surface area contributed by atoms with Gasteiger partial charge in [-0.15, -0.1) is 0 Å². The van der Waals surface area contributed by atoms with Gasteiger partial charge in [0, 0.05) is 6.42 Å². The molecule has 0 saturated heterocycles. The van der Waals surface area contributed by atoms with E-state index in [9.17, 15) is 0 Å². The SMILES string of the molecule is Cc1ccc(/C=C/CC[P+](c2ccccc2)(c2ccccc2)c2ccccc2)cc1. The maximum absolute atomic E-state index is 2.34. The number of hydrogen-bond acceptors (Lipinski definition) is 0. The highest BCUT2D eigenvalue weighted by molar-refractivity contribution is 7.95. The van der Waals surface area contributed by atoms with Crippen molar-refractivity contribution >= 4 is 29.3 Å². The van der Waals surface area contributed by atoms with E-state index in [0.717, 1.165) is 12.6 Å². The van der Waals surface area contributed by atoms with Crippen molar-refractivity contribution in [2.24, 2.45) is 0 Å². The molecular formula is C29H28P+. The summed E-state index contributed by atoms with van der Waals surface area (Å²) in [6, 6.07) is 42.1. The van der Waals surface area contributed by atoms with Crippen LogP contribution in [0.2, 0.25) is 0 Å². The maximum Gasteiger partial charge on any atom is 0.112 e. The lowest BCUT2D eigenvalue weighted by atomic mass is 10.1. The summed E-state index contributed by atoms with van der Waals surface area (Å²) in [5, 5.41) is 4.35. The maximum atomic E-state index is 2.34. The monoisotopic (exact) mass is 407 g/mol. The summed E-state index contributed by atoms with van der Waals surface area (Å²) in [4.78, 5) is 0. The molecule has 0 bridgehead atoms. The molecule has 1 heteroatoms. The van der Waals surface area contributed by atoms with Crippen LogP contribution in [-0.4, -0.2) is 6.16 Å². The topological polar surface area (TPSA) is 0 Å². The average Bonchev–Trinajstić information content (AvgIpc) is 2.82. The molecule has 0 unspecified atom stereocenters. The summed E-state index contributed by atoms with van der Waals surface area (Å²) in [5.74, 6) is 0. The highest BCUT2D eigenvalue weighted by Crippen LogP contribution is 2.55. The fourth-order valence-electron chi connectivity index (χ4n) is 4.05. The van der Waals surface area contributed by atoms with E-state index < -0.39 is 7.26 Å². The Labute approximate surface area is 181 Å². The van der Waals surface area contributed by atoms with E-state index in [-0.39, 0.29) is 0 Å². The van der Waals surface area contributed by atoms with Gasteiger partial charge in [-0.25, -0.2) is 0 Å². The Kier molecular flexibility index (Phi) is 6.57. The van der Waals surface area contributed by atoms with E-state index in [1.807, 2.05) is 0 Å². The van der Waals surface area contributed by atoms with E-state index in [1.54, 1.807) is 0 Å². The quantitative estimate of drug-likeness (QED) is 0.311. The third-order valence-corrected chi connectivity index (χ3v) is 10.1. The molecule has 0 atom stereocenters. The van der Waals surface area contributed by atoms with Crippen molar-refractivity contribution < 1.29 is 0 Å². The molecule has 0 aromatic heterocycles. The molecule has 0 heterocycles. The molecule has 0 aliphatic heterocycles. The van der Waals surface area contributed by atoms with Crippen molar-refractivity contribution in [1.82, 2.24) is 0 Å². The van der Waals surface area contributed by atoms with Gasteiger partial charge in [0.1, 0.15) is 23.2 Å². The molecule has 0 aliphatic carbocycles. The molecular weight excluding hydrogens is 379 g/mol. The lowest BCUT2D eigenvalue weighted by molar-refractivity contribution is 1.24. The molecule has 148 valence electrons. The van der Waals surface area contributed by atoms with Crippen molar-refractivity contribution in [2.45, 2.75) is 13.3 Å². The van der Waals surface area contributed by atoms with Crippen LogP contribution < -0.4 is 15.9 Å². The predicted octanol–water partition coefficient (Wildman–Crippen LogP) is 6.39. The molecule has 0 nitrogen and oxygen atoms in total. The summed E-state index contributed by atoms with van der Waals surface area (Å²) in [5.41, 5.74) is 2.57. The molecule has 0 radical (unpaired) electrons. The molecule has 0 amide bonds. The first-order valence-electron chi connectivity index (χ1n) is 10.6. The summed E-state index contributed by atoms with van der Waals surface area (Å²) < 4.78 is 0. The van der Waals surface area contributed by atoms with Gasteiger partial charge in [0.15, 0.2) is 0 Å². The van der Waals surface area contributed by atoms with E-state index in [2.05, 4.69) is 134 Å². The molecule has 0 fully saturated rings. The van der Waals surface area contributed by atoms with Crippen molar-refractivity contribution in [3.63, 3.8) is 0 Å². The van der Waals surface area contributed by atoms with Gasteiger partial charge in [-0.05, 0) is 48.9 Å². The largest absolute Gasteiger partial charge is 0.112 e. The van der Waals surface area contributed by atoms with Gasteiger partial charge in [0.25, 0.3) is 0 Å². The van der Waals surface area contributed by atoms with Gasteiger partial charge in [-0.3, -0.25) is 0 Å². The average molecular weight is 408 g/mol. The Morgan fingerprint density at radius 2 is 1.00 bits per heavy atom. The van der Waals surface area contributed by atoms with Crippen LogP contribution in [0.1, 0.15) is 17.5 Å². The van der Waals surface area contributed by atoms with Crippen LogP contribution in [0, 0.1) is 6.92 Å². The van der Waals surface area contributed by atoms with Gasteiger partial charge in [-0.1, -0.05) is 96.6 Å². The zero-order valence-electron chi connectivity index (χ0n) is 17.5. The van der Waals surface area contributed by atoms with E-state index in [1.165, 1.54) is 27.0 Å². The second-order valence-corrected chi connectivity index (χ2v) is 11.3. The minimum atomic E-state index is -1.73. The van der Waals surface area contributed by atoms with Crippen molar-refractivity contribution in [3.05, 3.63) is 132 Å². The highest BCUT2D eigenvalue weighted by Gasteiger charge is 2.44. The minimum absolute atomic E-state index is 1.04. The molecule has 0 N–H and O–H groups in total. The summed E-state index contributed by atoms with van der Waals surface area (Å²) in [6.45, 7) is 2.13. The fraction of sp³-hybridized carbons (Fsp3) is 0.103. The Balaban J connectivity index is 1.74. The van der Waals surface area contributed by atoms with Gasteiger partial charge in [0.05, 0.1) is 6.16 Å². The van der Waals surface area contributed by atoms with Crippen LogP contribution >= 0.6 is 7.26 Å². The van der Waals surface area contributed by atoms with Crippen LogP contribution in [-0.2, 0) is 0 Å². The molecule has 0 spiro atoms. The minimum Gasteiger partial charge on any atom is -0.0803 e. The van der Waals surface area contributed by atoms with Crippen LogP contribution in [0.5, 0.6) is 0 Å². The number of allylic oxidation sites excluding steroid dienone is 1. The molecule has 4 aromatic rings. The van der Waals surface area contributed by atoms with Crippen LogP contribution in [0.15, 0.2) is 121 Å². The first-order valence-corrected chi connectivity index (χ1v) is 12.5.